The fourth-order valence-electron chi connectivity index (χ4n) is 2.70. The molecule has 0 saturated heterocycles. The lowest BCUT2D eigenvalue weighted by Gasteiger charge is -2.04. The molecule has 0 aliphatic rings. The number of benzene rings is 2. The van der Waals surface area contributed by atoms with E-state index in [1.54, 1.807) is 0 Å². The average molecular weight is 340 g/mol. The van der Waals surface area contributed by atoms with Crippen LogP contribution in [0.4, 0.5) is 15.2 Å². The van der Waals surface area contributed by atoms with Crippen LogP contribution in [0.25, 0.3) is 15.9 Å². The topological polar surface area (TPSA) is 59.3 Å². The summed E-state index contributed by atoms with van der Waals surface area (Å²) in [5.74, 6) is -0.420. The van der Waals surface area contributed by atoms with Gasteiger partial charge in [-0.15, -0.1) is 5.10 Å². The Bertz CT molecular complexity index is 1130. The van der Waals surface area contributed by atoms with Crippen LogP contribution < -0.4 is 10.9 Å². The monoisotopic (exact) mass is 340 g/mol. The lowest BCUT2D eigenvalue weighted by Crippen LogP contribution is -2.15. The highest BCUT2D eigenvalue weighted by atomic mass is 32.1. The van der Waals surface area contributed by atoms with Crippen molar-refractivity contribution in [2.75, 3.05) is 5.32 Å². The Balaban J connectivity index is 1.84. The van der Waals surface area contributed by atoms with Crippen LogP contribution in [0.5, 0.6) is 0 Å². The van der Waals surface area contributed by atoms with Crippen molar-refractivity contribution in [1.82, 2.24) is 14.6 Å². The maximum atomic E-state index is 13.4. The van der Waals surface area contributed by atoms with Gasteiger partial charge in [0.25, 0.3) is 5.56 Å². The van der Waals surface area contributed by atoms with Crippen molar-refractivity contribution in [1.29, 1.82) is 0 Å². The third-order valence-electron chi connectivity index (χ3n) is 3.63. The molecule has 0 atom stereocenters. The standard InChI is InChI=1S/C17H13FN4OS/c1-9-5-10(2)7-12(6-9)19-16-21-22-15(23)13-4-3-11(18)8-14(13)20-17(22)24-16/h3-8H,1-2H3,(H,19,21). The third-order valence-corrected chi connectivity index (χ3v) is 4.46. The van der Waals surface area contributed by atoms with Crippen LogP contribution in [0, 0.1) is 19.7 Å². The number of nitrogens with zero attached hydrogens (tertiary/aromatic N) is 3. The maximum absolute atomic E-state index is 13.4. The Hall–Kier alpha value is -2.80. The molecule has 0 radical (unpaired) electrons. The Morgan fingerprint density at radius 2 is 1.88 bits per heavy atom. The van der Waals surface area contributed by atoms with Crippen LogP contribution >= 0.6 is 11.3 Å². The van der Waals surface area contributed by atoms with Crippen LogP contribution in [-0.2, 0) is 0 Å². The maximum Gasteiger partial charge on any atom is 0.283 e. The first-order valence-electron chi connectivity index (χ1n) is 7.34. The molecular formula is C17H13FN4OS. The van der Waals surface area contributed by atoms with E-state index < -0.39 is 5.82 Å². The lowest BCUT2D eigenvalue weighted by atomic mass is 10.1. The second-order valence-electron chi connectivity index (χ2n) is 5.68. The van der Waals surface area contributed by atoms with E-state index in [-0.39, 0.29) is 5.56 Å². The minimum absolute atomic E-state index is 0.306. The summed E-state index contributed by atoms with van der Waals surface area (Å²) in [6.07, 6.45) is 0. The second-order valence-corrected chi connectivity index (χ2v) is 6.64. The van der Waals surface area contributed by atoms with E-state index in [2.05, 4.69) is 21.5 Å². The number of halogens is 1. The summed E-state index contributed by atoms with van der Waals surface area (Å²) in [6.45, 7) is 4.04. The molecule has 0 bridgehead atoms. The average Bonchev–Trinajstić information content (AvgIpc) is 2.88. The van der Waals surface area contributed by atoms with Gasteiger partial charge in [-0.2, -0.15) is 4.52 Å². The molecule has 0 amide bonds. The van der Waals surface area contributed by atoms with Crippen molar-refractivity contribution in [3.05, 3.63) is 63.7 Å². The Labute approximate surface area is 140 Å². The molecule has 0 aliphatic heterocycles. The van der Waals surface area contributed by atoms with Crippen LogP contribution in [-0.4, -0.2) is 14.6 Å². The highest BCUT2D eigenvalue weighted by Gasteiger charge is 2.12. The number of rotatable bonds is 2. The van der Waals surface area contributed by atoms with E-state index in [9.17, 15) is 9.18 Å². The van der Waals surface area contributed by atoms with E-state index in [1.165, 1.54) is 34.1 Å². The fraction of sp³-hybridized carbons (Fsp3) is 0.118. The highest BCUT2D eigenvalue weighted by Crippen LogP contribution is 2.24. The van der Waals surface area contributed by atoms with Crippen molar-refractivity contribution in [2.24, 2.45) is 0 Å². The predicted molar refractivity (Wildman–Crippen MR) is 93.8 cm³/mol. The normalized spacial score (nSPS) is 11.3. The number of aryl methyl sites for hydroxylation is 2. The summed E-state index contributed by atoms with van der Waals surface area (Å²) < 4.78 is 14.6. The van der Waals surface area contributed by atoms with Gasteiger partial charge in [-0.3, -0.25) is 4.79 Å². The van der Waals surface area contributed by atoms with Gasteiger partial charge >= 0.3 is 0 Å². The SMILES string of the molecule is Cc1cc(C)cc(Nc2nn3c(=O)c4ccc(F)cc4nc3s2)c1. The van der Waals surface area contributed by atoms with Crippen molar-refractivity contribution in [3.8, 4) is 0 Å². The molecule has 2 aromatic heterocycles. The van der Waals surface area contributed by atoms with Crippen LogP contribution in [0.2, 0.25) is 0 Å². The molecule has 2 heterocycles. The van der Waals surface area contributed by atoms with Gasteiger partial charge in [-0.05, 0) is 49.2 Å². The van der Waals surface area contributed by atoms with E-state index in [0.717, 1.165) is 16.8 Å². The molecule has 0 fully saturated rings. The number of fused-ring (bicyclic) bond motifs is 2. The molecule has 5 nitrogen and oxygen atoms in total. The molecule has 0 unspecified atom stereocenters. The number of nitrogens with one attached hydrogen (secondary N) is 1. The molecular weight excluding hydrogens is 327 g/mol. The number of hydrogen-bond donors (Lipinski definition) is 1. The summed E-state index contributed by atoms with van der Waals surface area (Å²) in [4.78, 5) is 17.2. The van der Waals surface area contributed by atoms with Crippen LogP contribution in [0.3, 0.4) is 0 Å². The van der Waals surface area contributed by atoms with Gasteiger partial charge in [-0.25, -0.2) is 9.37 Å². The fourth-order valence-corrected chi connectivity index (χ4v) is 3.52. The van der Waals surface area contributed by atoms with E-state index in [4.69, 9.17) is 0 Å². The van der Waals surface area contributed by atoms with Gasteiger partial charge in [0.1, 0.15) is 5.82 Å². The van der Waals surface area contributed by atoms with Crippen molar-refractivity contribution >= 4 is 38.0 Å². The molecule has 0 spiro atoms. The van der Waals surface area contributed by atoms with Crippen molar-refractivity contribution in [3.63, 3.8) is 0 Å². The molecule has 4 rings (SSSR count). The lowest BCUT2D eigenvalue weighted by molar-refractivity contribution is 0.629. The molecule has 0 aliphatic carbocycles. The zero-order valence-electron chi connectivity index (χ0n) is 13.0. The van der Waals surface area contributed by atoms with Gasteiger partial charge in [0, 0.05) is 11.8 Å². The molecule has 0 saturated carbocycles. The van der Waals surface area contributed by atoms with Crippen LogP contribution in [0.1, 0.15) is 11.1 Å². The van der Waals surface area contributed by atoms with E-state index in [1.807, 2.05) is 26.0 Å². The van der Waals surface area contributed by atoms with E-state index >= 15 is 0 Å². The van der Waals surface area contributed by atoms with Gasteiger partial charge < -0.3 is 5.32 Å². The van der Waals surface area contributed by atoms with Crippen LogP contribution in [0.15, 0.2) is 41.2 Å². The summed E-state index contributed by atoms with van der Waals surface area (Å²) in [6, 6.07) is 10.0. The van der Waals surface area contributed by atoms with Gasteiger partial charge in [0.2, 0.25) is 10.1 Å². The van der Waals surface area contributed by atoms with E-state index in [0.29, 0.717) is 21.0 Å². The van der Waals surface area contributed by atoms with Gasteiger partial charge in [-0.1, -0.05) is 17.4 Å². The summed E-state index contributed by atoms with van der Waals surface area (Å²) >= 11 is 1.25. The molecule has 24 heavy (non-hydrogen) atoms. The van der Waals surface area contributed by atoms with Crippen molar-refractivity contribution in [2.45, 2.75) is 13.8 Å². The molecule has 2 aromatic carbocycles. The highest BCUT2D eigenvalue weighted by molar-refractivity contribution is 7.20. The minimum Gasteiger partial charge on any atom is -0.330 e. The zero-order chi connectivity index (χ0) is 16.8. The Morgan fingerprint density at radius 3 is 2.62 bits per heavy atom. The Kier molecular flexibility index (Phi) is 3.31. The first-order chi connectivity index (χ1) is 11.5. The van der Waals surface area contributed by atoms with Gasteiger partial charge in [0.05, 0.1) is 10.9 Å². The number of anilines is 2. The first kappa shape index (κ1) is 14.8. The number of hydrogen-bond acceptors (Lipinski definition) is 5. The quantitative estimate of drug-likeness (QED) is 0.603. The minimum atomic E-state index is -0.420. The zero-order valence-corrected chi connectivity index (χ0v) is 13.8. The summed E-state index contributed by atoms with van der Waals surface area (Å²) in [5.41, 5.74) is 3.20. The van der Waals surface area contributed by atoms with Gasteiger partial charge in [0.15, 0.2) is 0 Å². The molecule has 1 N–H and O–H groups in total. The molecule has 7 heteroatoms. The predicted octanol–water partition coefficient (Wildman–Crippen LogP) is 3.80. The summed E-state index contributed by atoms with van der Waals surface area (Å²) in [7, 11) is 0. The second kappa shape index (κ2) is 5.38. The molecule has 120 valence electrons. The molecule has 4 aromatic rings. The van der Waals surface area contributed by atoms with Crippen molar-refractivity contribution < 1.29 is 4.39 Å². The third kappa shape index (κ3) is 2.52. The Morgan fingerprint density at radius 1 is 1.12 bits per heavy atom. The smallest absolute Gasteiger partial charge is 0.283 e. The number of aromatic nitrogens is 3. The summed E-state index contributed by atoms with van der Waals surface area (Å²) in [5, 5.41) is 8.40. The first-order valence-corrected chi connectivity index (χ1v) is 8.16. The largest absolute Gasteiger partial charge is 0.330 e.